The smallest absolute Gasteiger partial charge is 0.121 e. The minimum Gasteiger partial charge on any atom is -0.497 e. The number of ether oxygens (including phenoxy) is 1. The van der Waals surface area contributed by atoms with Gasteiger partial charge in [-0.1, -0.05) is 6.42 Å². The summed E-state index contributed by atoms with van der Waals surface area (Å²) in [6.45, 7) is 9.29. The number of nitrogens with zero attached hydrogens (tertiary/aromatic N) is 2. The van der Waals surface area contributed by atoms with Gasteiger partial charge in [0.15, 0.2) is 0 Å². The molecular weight excluding hydrogens is 260 g/mol. The average molecular weight is 288 g/mol. The van der Waals surface area contributed by atoms with Crippen molar-refractivity contribution in [3.05, 3.63) is 18.2 Å². The van der Waals surface area contributed by atoms with Crippen LogP contribution in [-0.2, 0) is 0 Å². The van der Waals surface area contributed by atoms with Gasteiger partial charge in [0.1, 0.15) is 5.75 Å². The molecular formula is C18H28N2O. The van der Waals surface area contributed by atoms with Gasteiger partial charge >= 0.3 is 0 Å². The Balaban J connectivity index is 2.00. The maximum atomic E-state index is 5.45. The number of fused-ring (bicyclic) bond motifs is 1. The van der Waals surface area contributed by atoms with E-state index in [0.717, 1.165) is 11.7 Å². The fourth-order valence-corrected chi connectivity index (χ4v) is 4.01. The van der Waals surface area contributed by atoms with Crippen LogP contribution in [0.25, 0.3) is 0 Å². The number of rotatable bonds is 4. The van der Waals surface area contributed by atoms with Crippen molar-refractivity contribution >= 4 is 11.4 Å². The van der Waals surface area contributed by atoms with Gasteiger partial charge in [0.2, 0.25) is 0 Å². The molecule has 3 nitrogen and oxygen atoms in total. The van der Waals surface area contributed by atoms with Crippen LogP contribution in [-0.4, -0.2) is 25.4 Å². The Morgan fingerprint density at radius 2 is 1.81 bits per heavy atom. The third-order valence-electron chi connectivity index (χ3n) is 5.37. The first-order valence-electron chi connectivity index (χ1n) is 8.29. The maximum absolute atomic E-state index is 5.45. The molecule has 0 spiro atoms. The zero-order chi connectivity index (χ0) is 15.1. The van der Waals surface area contributed by atoms with Crippen molar-refractivity contribution in [1.82, 2.24) is 0 Å². The zero-order valence-corrected chi connectivity index (χ0v) is 14.0. The van der Waals surface area contributed by atoms with Gasteiger partial charge in [0.05, 0.1) is 24.7 Å². The van der Waals surface area contributed by atoms with Gasteiger partial charge < -0.3 is 14.5 Å². The molecule has 21 heavy (non-hydrogen) atoms. The van der Waals surface area contributed by atoms with Crippen LogP contribution in [0.15, 0.2) is 18.2 Å². The normalized spacial score (nSPS) is 23.2. The van der Waals surface area contributed by atoms with Crippen molar-refractivity contribution in [2.75, 3.05) is 16.9 Å². The first-order valence-corrected chi connectivity index (χ1v) is 8.29. The fourth-order valence-electron chi connectivity index (χ4n) is 4.01. The van der Waals surface area contributed by atoms with Gasteiger partial charge in [-0.05, 0) is 58.6 Å². The van der Waals surface area contributed by atoms with Gasteiger partial charge in [-0.25, -0.2) is 0 Å². The summed E-state index contributed by atoms with van der Waals surface area (Å²) in [6, 6.07) is 7.62. The van der Waals surface area contributed by atoms with Crippen molar-refractivity contribution < 1.29 is 4.74 Å². The van der Waals surface area contributed by atoms with Gasteiger partial charge in [-0.15, -0.1) is 0 Å². The minimum absolute atomic E-state index is 0.419. The second-order valence-corrected chi connectivity index (χ2v) is 6.83. The van der Waals surface area contributed by atoms with Crippen LogP contribution >= 0.6 is 0 Å². The Morgan fingerprint density at radius 3 is 2.33 bits per heavy atom. The third kappa shape index (κ3) is 2.27. The van der Waals surface area contributed by atoms with Crippen molar-refractivity contribution in [2.24, 2.45) is 5.92 Å². The monoisotopic (exact) mass is 288 g/mol. The van der Waals surface area contributed by atoms with Crippen LogP contribution in [0.5, 0.6) is 5.75 Å². The van der Waals surface area contributed by atoms with E-state index in [0.29, 0.717) is 18.2 Å². The zero-order valence-electron chi connectivity index (χ0n) is 14.0. The molecule has 0 aromatic heterocycles. The molecule has 0 amide bonds. The van der Waals surface area contributed by atoms with E-state index in [2.05, 4.69) is 55.7 Å². The standard InChI is InChI=1S/C18H28N2O/c1-12(2)19-14(4)20(13(3)15-7-6-8-15)18-11-16(21-5)9-10-17(18)19/h9-15H,6-8H2,1-5H3. The number of anilines is 2. The number of benzene rings is 1. The average Bonchev–Trinajstić information content (AvgIpc) is 2.67. The summed E-state index contributed by atoms with van der Waals surface area (Å²) in [5, 5.41) is 0. The summed E-state index contributed by atoms with van der Waals surface area (Å²) in [5.41, 5.74) is 2.69. The highest BCUT2D eigenvalue weighted by molar-refractivity contribution is 5.79. The molecule has 0 radical (unpaired) electrons. The molecule has 1 saturated carbocycles. The number of hydrogen-bond donors (Lipinski definition) is 0. The van der Waals surface area contributed by atoms with E-state index in [1.807, 2.05) is 0 Å². The lowest BCUT2D eigenvalue weighted by atomic mass is 9.79. The van der Waals surface area contributed by atoms with Crippen molar-refractivity contribution in [2.45, 2.75) is 65.2 Å². The number of hydrogen-bond acceptors (Lipinski definition) is 3. The summed E-state index contributed by atoms with van der Waals surface area (Å²) >= 11 is 0. The SMILES string of the molecule is COc1ccc2c(c1)N(C(C)C1CCC1)C(C)N2C(C)C. The molecule has 1 aromatic carbocycles. The minimum atomic E-state index is 0.419. The third-order valence-corrected chi connectivity index (χ3v) is 5.37. The second-order valence-electron chi connectivity index (χ2n) is 6.83. The summed E-state index contributed by atoms with van der Waals surface area (Å²) < 4.78 is 5.45. The Hall–Kier alpha value is -1.38. The molecule has 0 N–H and O–H groups in total. The summed E-state index contributed by atoms with van der Waals surface area (Å²) in [7, 11) is 1.75. The topological polar surface area (TPSA) is 15.7 Å². The second kappa shape index (κ2) is 5.43. The first-order chi connectivity index (χ1) is 10.0. The molecule has 1 aliphatic heterocycles. The lowest BCUT2D eigenvalue weighted by Crippen LogP contribution is -2.51. The van der Waals surface area contributed by atoms with Crippen LogP contribution in [0.4, 0.5) is 11.4 Å². The van der Waals surface area contributed by atoms with Crippen molar-refractivity contribution in [3.8, 4) is 5.75 Å². The van der Waals surface area contributed by atoms with Gasteiger partial charge in [-0.2, -0.15) is 0 Å². The lowest BCUT2D eigenvalue weighted by molar-refractivity contribution is 0.256. The molecule has 3 heteroatoms. The lowest BCUT2D eigenvalue weighted by Gasteiger charge is -2.42. The summed E-state index contributed by atoms with van der Waals surface area (Å²) in [4.78, 5) is 5.14. The maximum Gasteiger partial charge on any atom is 0.121 e. The first kappa shape index (κ1) is 14.6. The van der Waals surface area contributed by atoms with Crippen LogP contribution in [0.3, 0.4) is 0 Å². The van der Waals surface area contributed by atoms with E-state index in [-0.39, 0.29) is 0 Å². The predicted octanol–water partition coefficient (Wildman–Crippen LogP) is 4.26. The van der Waals surface area contributed by atoms with E-state index in [4.69, 9.17) is 4.74 Å². The highest BCUT2D eigenvalue weighted by Gasteiger charge is 2.40. The van der Waals surface area contributed by atoms with E-state index >= 15 is 0 Å². The predicted molar refractivity (Wildman–Crippen MR) is 89.4 cm³/mol. The Morgan fingerprint density at radius 1 is 1.10 bits per heavy atom. The Labute approximate surface area is 128 Å². The highest BCUT2D eigenvalue weighted by Crippen LogP contribution is 2.46. The van der Waals surface area contributed by atoms with Crippen LogP contribution in [0, 0.1) is 5.92 Å². The molecule has 0 saturated heterocycles. The van der Waals surface area contributed by atoms with E-state index < -0.39 is 0 Å². The van der Waals surface area contributed by atoms with E-state index in [9.17, 15) is 0 Å². The quantitative estimate of drug-likeness (QED) is 0.823. The molecule has 2 atom stereocenters. The molecule has 1 heterocycles. The van der Waals surface area contributed by atoms with Crippen molar-refractivity contribution in [3.63, 3.8) is 0 Å². The van der Waals surface area contributed by atoms with Crippen LogP contribution in [0.2, 0.25) is 0 Å². The summed E-state index contributed by atoms with van der Waals surface area (Å²) in [5.74, 6) is 1.80. The highest BCUT2D eigenvalue weighted by atomic mass is 16.5. The van der Waals surface area contributed by atoms with E-state index in [1.165, 1.54) is 30.6 Å². The van der Waals surface area contributed by atoms with E-state index in [1.54, 1.807) is 7.11 Å². The van der Waals surface area contributed by atoms with Gasteiger partial charge in [-0.3, -0.25) is 0 Å². The summed E-state index contributed by atoms with van der Waals surface area (Å²) in [6.07, 6.45) is 4.58. The molecule has 0 bridgehead atoms. The van der Waals surface area contributed by atoms with Crippen molar-refractivity contribution in [1.29, 1.82) is 0 Å². The Kier molecular flexibility index (Phi) is 3.76. The largest absolute Gasteiger partial charge is 0.497 e. The fraction of sp³-hybridized carbons (Fsp3) is 0.667. The molecule has 1 aromatic rings. The molecule has 1 fully saturated rings. The van der Waals surface area contributed by atoms with Gasteiger partial charge in [0, 0.05) is 18.2 Å². The molecule has 1 aliphatic carbocycles. The molecule has 2 unspecified atom stereocenters. The van der Waals surface area contributed by atoms with Crippen LogP contribution < -0.4 is 14.5 Å². The molecule has 2 aliphatic rings. The Bertz CT molecular complexity index is 510. The molecule has 3 rings (SSSR count). The molecule has 116 valence electrons. The van der Waals surface area contributed by atoms with Gasteiger partial charge in [0.25, 0.3) is 0 Å². The number of methoxy groups -OCH3 is 1. The van der Waals surface area contributed by atoms with Crippen LogP contribution in [0.1, 0.15) is 47.0 Å².